The van der Waals surface area contributed by atoms with Gasteiger partial charge < -0.3 is 10.1 Å². The van der Waals surface area contributed by atoms with E-state index in [0.29, 0.717) is 17.0 Å². The largest absolute Gasteiger partial charge is 0.484 e. The number of hydrogen-bond acceptors (Lipinski definition) is 5. The number of amides is 3. The fourth-order valence-electron chi connectivity index (χ4n) is 2.42. The first-order chi connectivity index (χ1) is 14.0. The topological polar surface area (TPSA) is 75.7 Å². The Kier molecular flexibility index (Phi) is 6.32. The average Bonchev–Trinajstić information content (AvgIpc) is 2.97. The molecule has 0 saturated carbocycles. The van der Waals surface area contributed by atoms with Crippen molar-refractivity contribution in [3.05, 3.63) is 64.8 Å². The Balaban J connectivity index is 1.56. The zero-order valence-corrected chi connectivity index (χ0v) is 15.9. The van der Waals surface area contributed by atoms with Gasteiger partial charge in [-0.05, 0) is 59.8 Å². The van der Waals surface area contributed by atoms with Crippen molar-refractivity contribution in [2.75, 3.05) is 18.5 Å². The fourth-order valence-corrected chi connectivity index (χ4v) is 3.26. The van der Waals surface area contributed by atoms with Gasteiger partial charge in [-0.1, -0.05) is 18.1 Å². The first kappa shape index (κ1) is 20.2. The number of nitrogens with zero attached hydrogens (tertiary/aromatic N) is 1. The predicted molar refractivity (Wildman–Crippen MR) is 108 cm³/mol. The van der Waals surface area contributed by atoms with Gasteiger partial charge in [-0.15, -0.1) is 6.42 Å². The fraction of sp³-hybridized carbons (Fsp3) is 0.0952. The highest BCUT2D eigenvalue weighted by Gasteiger charge is 2.34. The molecule has 2 aromatic rings. The number of terminal acetylenes is 1. The SMILES string of the molecule is C#CCN1C(=O)S/C(=C/c2ccc(OCC(=O)Nc3ccc(F)cc3)cc2)C1=O. The minimum Gasteiger partial charge on any atom is -0.484 e. The normalized spacial score (nSPS) is 14.8. The van der Waals surface area contributed by atoms with Crippen molar-refractivity contribution in [3.63, 3.8) is 0 Å². The molecule has 0 aromatic heterocycles. The van der Waals surface area contributed by atoms with E-state index in [1.165, 1.54) is 24.3 Å². The van der Waals surface area contributed by atoms with E-state index in [2.05, 4.69) is 11.2 Å². The molecule has 6 nitrogen and oxygen atoms in total. The molecule has 1 saturated heterocycles. The van der Waals surface area contributed by atoms with E-state index in [1.807, 2.05) is 0 Å². The summed E-state index contributed by atoms with van der Waals surface area (Å²) < 4.78 is 18.3. The second-order valence-electron chi connectivity index (χ2n) is 5.88. The van der Waals surface area contributed by atoms with Gasteiger partial charge in [0.25, 0.3) is 17.1 Å². The molecule has 1 heterocycles. The third-order valence-corrected chi connectivity index (χ3v) is 4.71. The molecule has 3 amide bonds. The quantitative estimate of drug-likeness (QED) is 0.583. The number of hydrogen-bond donors (Lipinski definition) is 1. The van der Waals surface area contributed by atoms with Crippen molar-refractivity contribution in [3.8, 4) is 18.1 Å². The van der Waals surface area contributed by atoms with Gasteiger partial charge >= 0.3 is 0 Å². The summed E-state index contributed by atoms with van der Waals surface area (Å²) in [4.78, 5) is 37.1. The molecule has 1 N–H and O–H groups in total. The molecule has 0 spiro atoms. The van der Waals surface area contributed by atoms with Gasteiger partial charge in [-0.3, -0.25) is 19.3 Å². The zero-order chi connectivity index (χ0) is 20.8. The number of ether oxygens (including phenoxy) is 1. The van der Waals surface area contributed by atoms with E-state index in [1.54, 1.807) is 30.3 Å². The first-order valence-electron chi connectivity index (χ1n) is 8.43. The van der Waals surface area contributed by atoms with Crippen LogP contribution in [0.2, 0.25) is 0 Å². The van der Waals surface area contributed by atoms with Gasteiger partial charge in [0.05, 0.1) is 11.4 Å². The Hall–Kier alpha value is -3.57. The van der Waals surface area contributed by atoms with Gasteiger partial charge in [0.2, 0.25) is 0 Å². The molecule has 0 radical (unpaired) electrons. The van der Waals surface area contributed by atoms with Gasteiger partial charge in [0.15, 0.2) is 6.61 Å². The smallest absolute Gasteiger partial charge is 0.294 e. The van der Waals surface area contributed by atoms with Crippen LogP contribution in [-0.4, -0.2) is 35.1 Å². The summed E-state index contributed by atoms with van der Waals surface area (Å²) in [6.07, 6.45) is 6.75. The van der Waals surface area contributed by atoms with Crippen molar-refractivity contribution in [2.45, 2.75) is 0 Å². The number of halogens is 1. The van der Waals surface area contributed by atoms with E-state index in [0.717, 1.165) is 16.7 Å². The first-order valence-corrected chi connectivity index (χ1v) is 9.25. The maximum absolute atomic E-state index is 12.9. The molecule has 29 heavy (non-hydrogen) atoms. The lowest BCUT2D eigenvalue weighted by molar-refractivity contribution is -0.122. The maximum Gasteiger partial charge on any atom is 0.294 e. The summed E-state index contributed by atoms with van der Waals surface area (Å²) in [5.74, 6) is 1.54. The standard InChI is InChI=1S/C21H15FN2O4S/c1-2-11-24-20(26)18(29-21(24)27)12-14-3-9-17(10-4-14)28-13-19(25)23-16-7-5-15(22)6-8-16/h1,3-10,12H,11,13H2,(H,23,25)/b18-12+. The van der Waals surface area contributed by atoms with E-state index < -0.39 is 11.1 Å². The van der Waals surface area contributed by atoms with Crippen molar-refractivity contribution in [1.29, 1.82) is 0 Å². The number of anilines is 1. The van der Waals surface area contributed by atoms with Crippen molar-refractivity contribution in [2.24, 2.45) is 0 Å². The minimum absolute atomic E-state index is 0.0607. The van der Waals surface area contributed by atoms with Crippen LogP contribution in [0.3, 0.4) is 0 Å². The Morgan fingerprint density at radius 1 is 1.17 bits per heavy atom. The van der Waals surface area contributed by atoms with E-state index in [-0.39, 0.29) is 29.8 Å². The summed E-state index contributed by atoms with van der Waals surface area (Å²) >= 11 is 0.832. The van der Waals surface area contributed by atoms with Crippen molar-refractivity contribution < 1.29 is 23.5 Å². The Bertz CT molecular complexity index is 1010. The molecular weight excluding hydrogens is 395 g/mol. The lowest BCUT2D eigenvalue weighted by Crippen LogP contribution is -2.28. The zero-order valence-electron chi connectivity index (χ0n) is 15.1. The molecule has 0 atom stereocenters. The average molecular weight is 410 g/mol. The van der Waals surface area contributed by atoms with Crippen molar-refractivity contribution in [1.82, 2.24) is 4.90 Å². The summed E-state index contributed by atoms with van der Waals surface area (Å²) in [6, 6.07) is 12.1. The van der Waals surface area contributed by atoms with Crippen molar-refractivity contribution >= 4 is 40.6 Å². The molecule has 0 bridgehead atoms. The van der Waals surface area contributed by atoms with Crippen LogP contribution < -0.4 is 10.1 Å². The molecule has 2 aromatic carbocycles. The van der Waals surface area contributed by atoms with Crippen LogP contribution in [0, 0.1) is 18.2 Å². The van der Waals surface area contributed by atoms with Crippen LogP contribution >= 0.6 is 11.8 Å². The number of nitrogens with one attached hydrogen (secondary N) is 1. The summed E-state index contributed by atoms with van der Waals surface area (Å²) in [6.45, 7) is -0.281. The van der Waals surface area contributed by atoms with E-state index >= 15 is 0 Å². The number of benzene rings is 2. The van der Waals surface area contributed by atoms with Crippen LogP contribution in [0.1, 0.15) is 5.56 Å². The third-order valence-electron chi connectivity index (χ3n) is 3.80. The number of rotatable bonds is 6. The molecule has 146 valence electrons. The number of carbonyl (C=O) groups excluding carboxylic acids is 3. The van der Waals surface area contributed by atoms with Crippen LogP contribution in [0.5, 0.6) is 5.75 Å². The molecule has 1 aliphatic heterocycles. The third kappa shape index (κ3) is 5.24. The van der Waals surface area contributed by atoms with E-state index in [4.69, 9.17) is 11.2 Å². The molecule has 1 fully saturated rings. The Morgan fingerprint density at radius 2 is 1.86 bits per heavy atom. The monoisotopic (exact) mass is 410 g/mol. The van der Waals surface area contributed by atoms with Crippen LogP contribution in [0.15, 0.2) is 53.4 Å². The highest BCUT2D eigenvalue weighted by Crippen LogP contribution is 2.32. The molecule has 3 rings (SSSR count). The molecule has 1 aliphatic rings. The molecular formula is C21H15FN2O4S. The maximum atomic E-state index is 12.9. The Labute approximate surface area is 170 Å². The Morgan fingerprint density at radius 3 is 2.52 bits per heavy atom. The van der Waals surface area contributed by atoms with Gasteiger partial charge in [0, 0.05) is 5.69 Å². The second kappa shape index (κ2) is 9.08. The predicted octanol–water partition coefficient (Wildman–Crippen LogP) is 3.51. The summed E-state index contributed by atoms with van der Waals surface area (Å²) in [5.41, 5.74) is 1.16. The highest BCUT2D eigenvalue weighted by atomic mass is 32.2. The number of thioether (sulfide) groups is 1. The van der Waals surface area contributed by atoms with Crippen LogP contribution in [0.4, 0.5) is 14.9 Å². The van der Waals surface area contributed by atoms with E-state index in [9.17, 15) is 18.8 Å². The second-order valence-corrected chi connectivity index (χ2v) is 6.88. The van der Waals surface area contributed by atoms with Gasteiger partial charge in [0.1, 0.15) is 11.6 Å². The molecule has 0 unspecified atom stereocenters. The summed E-state index contributed by atoms with van der Waals surface area (Å²) in [7, 11) is 0. The number of imide groups is 1. The van der Waals surface area contributed by atoms with Gasteiger partial charge in [-0.2, -0.15) is 0 Å². The minimum atomic E-state index is -0.421. The van der Waals surface area contributed by atoms with Crippen LogP contribution in [-0.2, 0) is 9.59 Å². The molecule has 0 aliphatic carbocycles. The highest BCUT2D eigenvalue weighted by molar-refractivity contribution is 8.18. The summed E-state index contributed by atoms with van der Waals surface area (Å²) in [5, 5.41) is 2.19. The number of carbonyl (C=O) groups is 3. The lowest BCUT2D eigenvalue weighted by Gasteiger charge is -2.08. The van der Waals surface area contributed by atoms with Gasteiger partial charge in [-0.25, -0.2) is 4.39 Å². The lowest BCUT2D eigenvalue weighted by atomic mass is 10.2. The molecule has 8 heteroatoms. The van der Waals surface area contributed by atoms with Crippen LogP contribution in [0.25, 0.3) is 6.08 Å².